The molecule has 24 heavy (non-hydrogen) atoms. The van der Waals surface area contributed by atoms with Crippen LogP contribution in [0.2, 0.25) is 0 Å². The molecule has 0 aliphatic carbocycles. The standard InChI is InChI=1S/C16H16N2O5S/c1-22-11-5-6-12(14(9-11)23-2)17-16(19)10-4-7-15(24-3)13(8-10)18(20)21/h4-9H,1-3H3,(H,17,19). The average molecular weight is 348 g/mol. The van der Waals surface area contributed by atoms with Crippen LogP contribution in [-0.4, -0.2) is 31.3 Å². The number of carbonyl (C=O) groups excluding carboxylic acids is 1. The number of benzene rings is 2. The number of nitrogens with one attached hydrogen (secondary N) is 1. The molecule has 2 rings (SSSR count). The quantitative estimate of drug-likeness (QED) is 0.487. The Morgan fingerprint density at radius 1 is 1.17 bits per heavy atom. The van der Waals surface area contributed by atoms with Crippen LogP contribution in [0, 0.1) is 10.1 Å². The minimum absolute atomic E-state index is 0.100. The van der Waals surface area contributed by atoms with Gasteiger partial charge in [-0.15, -0.1) is 11.8 Å². The van der Waals surface area contributed by atoms with E-state index in [0.29, 0.717) is 22.1 Å². The highest BCUT2D eigenvalue weighted by Crippen LogP contribution is 2.31. The fraction of sp³-hybridized carbons (Fsp3) is 0.188. The third kappa shape index (κ3) is 3.77. The van der Waals surface area contributed by atoms with Crippen LogP contribution >= 0.6 is 11.8 Å². The van der Waals surface area contributed by atoms with E-state index >= 15 is 0 Å². The number of thioether (sulfide) groups is 1. The number of nitrogens with zero attached hydrogens (tertiary/aromatic N) is 1. The van der Waals surface area contributed by atoms with Gasteiger partial charge in [0.15, 0.2) is 0 Å². The number of nitro benzene ring substituents is 1. The van der Waals surface area contributed by atoms with Crippen molar-refractivity contribution in [1.82, 2.24) is 0 Å². The molecule has 0 atom stereocenters. The molecule has 0 radical (unpaired) electrons. The molecule has 0 fully saturated rings. The predicted octanol–water partition coefficient (Wildman–Crippen LogP) is 3.59. The van der Waals surface area contributed by atoms with Crippen LogP contribution in [0.1, 0.15) is 10.4 Å². The van der Waals surface area contributed by atoms with E-state index in [0.717, 1.165) is 0 Å². The molecule has 1 amide bonds. The van der Waals surface area contributed by atoms with Gasteiger partial charge in [0, 0.05) is 17.7 Å². The summed E-state index contributed by atoms with van der Waals surface area (Å²) in [7, 11) is 3.00. The van der Waals surface area contributed by atoms with Crippen molar-refractivity contribution in [2.45, 2.75) is 4.90 Å². The Bertz CT molecular complexity index is 779. The van der Waals surface area contributed by atoms with Crippen LogP contribution in [-0.2, 0) is 0 Å². The molecule has 2 aromatic carbocycles. The summed E-state index contributed by atoms with van der Waals surface area (Å²) in [5.74, 6) is 0.553. The Morgan fingerprint density at radius 2 is 1.92 bits per heavy atom. The van der Waals surface area contributed by atoms with Crippen LogP contribution < -0.4 is 14.8 Å². The van der Waals surface area contributed by atoms with E-state index in [4.69, 9.17) is 9.47 Å². The maximum absolute atomic E-state index is 12.4. The van der Waals surface area contributed by atoms with Crippen molar-refractivity contribution < 1.29 is 19.2 Å². The minimum Gasteiger partial charge on any atom is -0.497 e. The number of rotatable bonds is 6. The van der Waals surface area contributed by atoms with E-state index in [1.165, 1.54) is 32.0 Å². The second-order valence-electron chi connectivity index (χ2n) is 4.66. The van der Waals surface area contributed by atoms with Crippen LogP contribution in [0.4, 0.5) is 11.4 Å². The fourth-order valence-corrected chi connectivity index (χ4v) is 2.62. The van der Waals surface area contributed by atoms with Crippen molar-refractivity contribution in [3.8, 4) is 11.5 Å². The number of hydrogen-bond acceptors (Lipinski definition) is 6. The summed E-state index contributed by atoms with van der Waals surface area (Å²) >= 11 is 1.25. The van der Waals surface area contributed by atoms with Gasteiger partial charge in [-0.1, -0.05) is 0 Å². The number of carbonyl (C=O) groups is 1. The summed E-state index contributed by atoms with van der Waals surface area (Å²) in [5.41, 5.74) is 0.536. The zero-order chi connectivity index (χ0) is 17.7. The average Bonchev–Trinajstić information content (AvgIpc) is 2.61. The molecule has 0 aliphatic heterocycles. The molecule has 1 N–H and O–H groups in total. The normalized spacial score (nSPS) is 10.1. The summed E-state index contributed by atoms with van der Waals surface area (Å²) in [6.45, 7) is 0. The molecule has 7 nitrogen and oxygen atoms in total. The Balaban J connectivity index is 2.30. The molecule has 0 saturated heterocycles. The van der Waals surface area contributed by atoms with E-state index < -0.39 is 10.8 Å². The minimum atomic E-state index is -0.503. The van der Waals surface area contributed by atoms with Crippen molar-refractivity contribution >= 4 is 29.0 Å². The molecule has 0 unspecified atom stereocenters. The van der Waals surface area contributed by atoms with E-state index in [2.05, 4.69) is 5.32 Å². The number of hydrogen-bond donors (Lipinski definition) is 1. The van der Waals surface area contributed by atoms with Gasteiger partial charge in [-0.25, -0.2) is 0 Å². The van der Waals surface area contributed by atoms with Crippen molar-refractivity contribution in [2.75, 3.05) is 25.8 Å². The number of nitro groups is 1. The number of anilines is 1. The van der Waals surface area contributed by atoms with Gasteiger partial charge in [0.1, 0.15) is 11.5 Å². The zero-order valence-corrected chi connectivity index (χ0v) is 14.2. The van der Waals surface area contributed by atoms with Gasteiger partial charge in [-0.05, 0) is 30.5 Å². The Labute approximate surface area is 143 Å². The zero-order valence-electron chi connectivity index (χ0n) is 13.4. The third-order valence-corrected chi connectivity index (χ3v) is 4.08. The maximum Gasteiger partial charge on any atom is 0.283 e. The summed E-state index contributed by atoms with van der Waals surface area (Å²) in [4.78, 5) is 23.5. The summed E-state index contributed by atoms with van der Waals surface area (Å²) in [6, 6.07) is 9.32. The summed E-state index contributed by atoms with van der Waals surface area (Å²) in [5, 5.41) is 13.8. The van der Waals surface area contributed by atoms with Gasteiger partial charge in [0.25, 0.3) is 11.6 Å². The second-order valence-corrected chi connectivity index (χ2v) is 5.51. The largest absolute Gasteiger partial charge is 0.497 e. The number of methoxy groups -OCH3 is 2. The summed E-state index contributed by atoms with van der Waals surface area (Å²) in [6.07, 6.45) is 1.74. The van der Waals surface area contributed by atoms with Gasteiger partial charge in [-0.3, -0.25) is 14.9 Å². The lowest BCUT2D eigenvalue weighted by Gasteiger charge is -2.12. The SMILES string of the molecule is COc1ccc(NC(=O)c2ccc(SC)c([N+](=O)[O-])c2)c(OC)c1. The predicted molar refractivity (Wildman–Crippen MR) is 92.4 cm³/mol. The molecular weight excluding hydrogens is 332 g/mol. The first-order valence-corrected chi connectivity index (χ1v) is 8.08. The van der Waals surface area contributed by atoms with Crippen LogP contribution in [0.25, 0.3) is 0 Å². The third-order valence-electron chi connectivity index (χ3n) is 3.29. The highest BCUT2D eigenvalue weighted by molar-refractivity contribution is 7.98. The lowest BCUT2D eigenvalue weighted by atomic mass is 10.1. The molecule has 0 heterocycles. The van der Waals surface area contributed by atoms with Gasteiger partial charge in [-0.2, -0.15) is 0 Å². The fourth-order valence-electron chi connectivity index (χ4n) is 2.07. The lowest BCUT2D eigenvalue weighted by Crippen LogP contribution is -2.13. The summed E-state index contributed by atoms with van der Waals surface area (Å²) < 4.78 is 10.3. The number of amides is 1. The van der Waals surface area contributed by atoms with Crippen molar-refractivity contribution in [1.29, 1.82) is 0 Å². The highest BCUT2D eigenvalue weighted by Gasteiger charge is 2.18. The van der Waals surface area contributed by atoms with Gasteiger partial charge >= 0.3 is 0 Å². The van der Waals surface area contributed by atoms with Gasteiger partial charge in [0.2, 0.25) is 0 Å². The molecule has 0 aromatic heterocycles. The first-order chi connectivity index (χ1) is 11.5. The number of ether oxygens (including phenoxy) is 2. The van der Waals surface area contributed by atoms with Gasteiger partial charge in [0.05, 0.1) is 29.7 Å². The lowest BCUT2D eigenvalue weighted by molar-refractivity contribution is -0.387. The van der Waals surface area contributed by atoms with Crippen LogP contribution in [0.15, 0.2) is 41.3 Å². The monoisotopic (exact) mass is 348 g/mol. The molecule has 8 heteroatoms. The molecule has 126 valence electrons. The van der Waals surface area contributed by atoms with Crippen molar-refractivity contribution in [2.24, 2.45) is 0 Å². The Kier molecular flexibility index (Phi) is 5.64. The van der Waals surface area contributed by atoms with Crippen molar-refractivity contribution in [3.63, 3.8) is 0 Å². The maximum atomic E-state index is 12.4. The molecule has 0 aliphatic rings. The highest BCUT2D eigenvalue weighted by atomic mass is 32.2. The molecule has 0 bridgehead atoms. The van der Waals surface area contributed by atoms with E-state index in [1.807, 2.05) is 0 Å². The van der Waals surface area contributed by atoms with E-state index in [-0.39, 0.29) is 11.3 Å². The Morgan fingerprint density at radius 3 is 2.50 bits per heavy atom. The first-order valence-electron chi connectivity index (χ1n) is 6.86. The Hall–Kier alpha value is -2.74. The van der Waals surface area contributed by atoms with E-state index in [9.17, 15) is 14.9 Å². The van der Waals surface area contributed by atoms with E-state index in [1.54, 1.807) is 36.6 Å². The molecule has 0 spiro atoms. The smallest absolute Gasteiger partial charge is 0.283 e. The van der Waals surface area contributed by atoms with Gasteiger partial charge < -0.3 is 14.8 Å². The molecule has 0 saturated carbocycles. The topological polar surface area (TPSA) is 90.7 Å². The second kappa shape index (κ2) is 7.69. The molecule has 2 aromatic rings. The van der Waals surface area contributed by atoms with Crippen LogP contribution in [0.3, 0.4) is 0 Å². The molecular formula is C16H16N2O5S. The van der Waals surface area contributed by atoms with Crippen LogP contribution in [0.5, 0.6) is 11.5 Å². The van der Waals surface area contributed by atoms with Crippen molar-refractivity contribution in [3.05, 3.63) is 52.1 Å². The first kappa shape index (κ1) is 17.6.